The normalized spacial score (nSPS) is 21.2. The van der Waals surface area contributed by atoms with E-state index < -0.39 is 5.82 Å². The van der Waals surface area contributed by atoms with Crippen molar-refractivity contribution in [1.29, 1.82) is 0 Å². The van der Waals surface area contributed by atoms with Crippen molar-refractivity contribution in [2.45, 2.75) is 6.10 Å². The van der Waals surface area contributed by atoms with E-state index in [1.165, 1.54) is 6.07 Å². The summed E-state index contributed by atoms with van der Waals surface area (Å²) >= 11 is 6.14. The van der Waals surface area contributed by atoms with Crippen LogP contribution in [0.4, 0.5) is 4.39 Å². The Morgan fingerprint density at radius 2 is 2.04 bits per heavy atom. The molecule has 0 bridgehead atoms. The highest BCUT2D eigenvalue weighted by Gasteiger charge is 2.45. The third-order valence-corrected chi connectivity index (χ3v) is 4.90. The molecule has 0 aliphatic carbocycles. The van der Waals surface area contributed by atoms with Crippen LogP contribution in [0, 0.1) is 11.7 Å². The summed E-state index contributed by atoms with van der Waals surface area (Å²) in [6, 6.07) is 13.6. The van der Waals surface area contributed by atoms with Gasteiger partial charge in [-0.2, -0.15) is 0 Å². The van der Waals surface area contributed by atoms with Crippen molar-refractivity contribution in [2.75, 3.05) is 19.7 Å². The van der Waals surface area contributed by atoms with E-state index in [0.717, 1.165) is 0 Å². The first-order valence-corrected chi connectivity index (χ1v) is 8.65. The first-order valence-electron chi connectivity index (χ1n) is 8.27. The molecule has 1 saturated heterocycles. The Bertz CT molecular complexity index is 839. The van der Waals surface area contributed by atoms with E-state index >= 15 is 0 Å². The number of hydrogen-bond donors (Lipinski definition) is 0. The van der Waals surface area contributed by atoms with Gasteiger partial charge in [0, 0.05) is 6.54 Å². The number of fused-ring (bicyclic) bond motifs is 1. The number of oxime groups is 1. The van der Waals surface area contributed by atoms with E-state index in [0.29, 0.717) is 24.6 Å². The molecule has 2 aromatic rings. The Labute approximate surface area is 154 Å². The number of benzene rings is 2. The fraction of sp³-hybridized carbons (Fsp3) is 0.263. The molecule has 2 aromatic carbocycles. The van der Waals surface area contributed by atoms with Gasteiger partial charge in [-0.1, -0.05) is 41.0 Å². The van der Waals surface area contributed by atoms with Crippen LogP contribution in [0.2, 0.25) is 5.02 Å². The second-order valence-electron chi connectivity index (χ2n) is 6.22. The molecule has 2 atom stereocenters. The largest absolute Gasteiger partial charge is 0.484 e. The van der Waals surface area contributed by atoms with Crippen molar-refractivity contribution in [3.63, 3.8) is 0 Å². The molecule has 0 aromatic heterocycles. The maximum atomic E-state index is 14.2. The van der Waals surface area contributed by atoms with Crippen LogP contribution in [0.25, 0.3) is 0 Å². The highest BCUT2D eigenvalue weighted by atomic mass is 35.5. The zero-order chi connectivity index (χ0) is 18.1. The van der Waals surface area contributed by atoms with Crippen LogP contribution >= 0.6 is 11.6 Å². The number of amides is 1. The fourth-order valence-electron chi connectivity index (χ4n) is 3.27. The van der Waals surface area contributed by atoms with Gasteiger partial charge >= 0.3 is 0 Å². The Balaban J connectivity index is 1.43. The molecule has 0 N–H and O–H groups in total. The number of halogens is 2. The number of para-hydroxylation sites is 1. The number of likely N-dealkylation sites (tertiary alicyclic amines) is 1. The van der Waals surface area contributed by atoms with Crippen LogP contribution in [0.1, 0.15) is 5.56 Å². The smallest absolute Gasteiger partial charge is 0.260 e. The molecule has 1 amide bonds. The van der Waals surface area contributed by atoms with Gasteiger partial charge < -0.3 is 14.5 Å². The number of hydrogen-bond acceptors (Lipinski definition) is 4. The number of rotatable bonds is 4. The van der Waals surface area contributed by atoms with E-state index in [1.807, 2.05) is 18.2 Å². The highest BCUT2D eigenvalue weighted by Crippen LogP contribution is 2.33. The minimum atomic E-state index is -0.447. The molecule has 4 rings (SSSR count). The Kier molecular flexibility index (Phi) is 4.51. The van der Waals surface area contributed by atoms with E-state index in [4.69, 9.17) is 21.2 Å². The molecule has 1 fully saturated rings. The molecular weight excluding hydrogens is 359 g/mol. The summed E-state index contributed by atoms with van der Waals surface area (Å²) in [6.45, 7) is 0.724. The number of carbonyl (C=O) groups excluding carboxylic acids is 1. The summed E-state index contributed by atoms with van der Waals surface area (Å²) in [5.41, 5.74) is 0.703. The predicted molar refractivity (Wildman–Crippen MR) is 94.8 cm³/mol. The maximum Gasteiger partial charge on any atom is 0.260 e. The van der Waals surface area contributed by atoms with Gasteiger partial charge in [0.2, 0.25) is 0 Å². The van der Waals surface area contributed by atoms with E-state index in [2.05, 4.69) is 5.16 Å². The summed E-state index contributed by atoms with van der Waals surface area (Å²) < 4.78 is 19.7. The van der Waals surface area contributed by atoms with Crippen molar-refractivity contribution in [2.24, 2.45) is 11.1 Å². The van der Waals surface area contributed by atoms with E-state index in [-0.39, 0.29) is 35.1 Å². The lowest BCUT2D eigenvalue weighted by molar-refractivity contribution is -0.132. The Morgan fingerprint density at radius 3 is 2.81 bits per heavy atom. The van der Waals surface area contributed by atoms with Gasteiger partial charge in [0.05, 0.1) is 23.0 Å². The zero-order valence-corrected chi connectivity index (χ0v) is 14.5. The number of carbonyl (C=O) groups is 1. The predicted octanol–water partition coefficient (Wildman–Crippen LogP) is 3.12. The van der Waals surface area contributed by atoms with Crippen molar-refractivity contribution >= 4 is 23.2 Å². The summed E-state index contributed by atoms with van der Waals surface area (Å²) in [5.74, 6) is -0.162. The summed E-state index contributed by atoms with van der Waals surface area (Å²) in [6.07, 6.45) is -0.290. The van der Waals surface area contributed by atoms with Gasteiger partial charge in [-0.3, -0.25) is 4.79 Å². The molecular formula is C19H16ClFN2O3. The molecule has 0 saturated carbocycles. The average Bonchev–Trinajstić information content (AvgIpc) is 3.22. The second kappa shape index (κ2) is 6.96. The molecule has 26 heavy (non-hydrogen) atoms. The van der Waals surface area contributed by atoms with Crippen molar-refractivity contribution in [1.82, 2.24) is 4.90 Å². The van der Waals surface area contributed by atoms with E-state index in [1.54, 1.807) is 29.2 Å². The highest BCUT2D eigenvalue weighted by molar-refractivity contribution is 6.34. The maximum absolute atomic E-state index is 14.2. The third-order valence-electron chi connectivity index (χ3n) is 4.58. The molecule has 134 valence electrons. The SMILES string of the molecule is O=C(COc1ccccc1)N1CC2ON=C(c3c(F)cccc3Cl)C2C1. The molecule has 5 nitrogen and oxygen atoms in total. The minimum absolute atomic E-state index is 0.0591. The molecule has 7 heteroatoms. The van der Waals surface area contributed by atoms with Crippen LogP contribution in [0.15, 0.2) is 53.7 Å². The van der Waals surface area contributed by atoms with Gasteiger partial charge in [0.25, 0.3) is 5.91 Å². The molecule has 2 aliphatic rings. The topological polar surface area (TPSA) is 51.1 Å². The molecule has 2 unspecified atom stereocenters. The van der Waals surface area contributed by atoms with Crippen LogP contribution < -0.4 is 4.74 Å². The quantitative estimate of drug-likeness (QED) is 0.826. The monoisotopic (exact) mass is 374 g/mol. The van der Waals surface area contributed by atoms with E-state index in [9.17, 15) is 9.18 Å². The lowest BCUT2D eigenvalue weighted by Gasteiger charge is -2.17. The third kappa shape index (κ3) is 3.12. The summed E-state index contributed by atoms with van der Waals surface area (Å²) in [4.78, 5) is 19.5. The molecule has 2 aliphatic heterocycles. The van der Waals surface area contributed by atoms with Crippen LogP contribution in [0.5, 0.6) is 5.75 Å². The van der Waals surface area contributed by atoms with Gasteiger partial charge in [-0.25, -0.2) is 4.39 Å². The molecule has 0 radical (unpaired) electrons. The number of ether oxygens (including phenoxy) is 1. The van der Waals surface area contributed by atoms with Gasteiger partial charge in [-0.05, 0) is 24.3 Å². The van der Waals surface area contributed by atoms with Gasteiger partial charge in [0.15, 0.2) is 12.7 Å². The molecule has 0 spiro atoms. The minimum Gasteiger partial charge on any atom is -0.484 e. The Hall–Kier alpha value is -2.60. The fourth-order valence-corrected chi connectivity index (χ4v) is 3.53. The first kappa shape index (κ1) is 16.8. The van der Waals surface area contributed by atoms with Gasteiger partial charge in [-0.15, -0.1) is 0 Å². The van der Waals surface area contributed by atoms with Crippen LogP contribution in [0.3, 0.4) is 0 Å². The Morgan fingerprint density at radius 1 is 1.23 bits per heavy atom. The summed E-state index contributed by atoms with van der Waals surface area (Å²) in [5, 5.41) is 4.31. The standard InChI is InChI=1S/C19H16ClFN2O3/c20-14-7-4-8-15(21)18(14)19-13-9-23(10-16(13)26-22-19)17(24)11-25-12-5-2-1-3-6-12/h1-8,13,16H,9-11H2. The summed E-state index contributed by atoms with van der Waals surface area (Å²) in [7, 11) is 0. The zero-order valence-electron chi connectivity index (χ0n) is 13.8. The van der Waals surface area contributed by atoms with Crippen LogP contribution in [-0.2, 0) is 9.63 Å². The van der Waals surface area contributed by atoms with Gasteiger partial charge in [0.1, 0.15) is 17.3 Å². The lowest BCUT2D eigenvalue weighted by atomic mass is 9.94. The first-order chi connectivity index (χ1) is 12.6. The van der Waals surface area contributed by atoms with Crippen molar-refractivity contribution in [3.05, 3.63) is 64.9 Å². The van der Waals surface area contributed by atoms with Crippen LogP contribution in [-0.4, -0.2) is 42.3 Å². The molecule has 2 heterocycles. The number of nitrogens with zero attached hydrogens (tertiary/aromatic N) is 2. The van der Waals surface area contributed by atoms with Crippen molar-refractivity contribution in [3.8, 4) is 5.75 Å². The lowest BCUT2D eigenvalue weighted by Crippen LogP contribution is -2.34. The van der Waals surface area contributed by atoms with Crippen molar-refractivity contribution < 1.29 is 18.8 Å². The second-order valence-corrected chi connectivity index (χ2v) is 6.63. The average molecular weight is 375 g/mol.